The Morgan fingerprint density at radius 3 is 2.60 bits per heavy atom. The summed E-state index contributed by atoms with van der Waals surface area (Å²) in [6, 6.07) is 6.08. The predicted octanol–water partition coefficient (Wildman–Crippen LogP) is 1.45. The highest BCUT2D eigenvalue weighted by atomic mass is 16.5. The quantitative estimate of drug-likeness (QED) is 0.649. The molecule has 7 nitrogen and oxygen atoms in total. The molecule has 0 bridgehead atoms. The first-order valence-corrected chi connectivity index (χ1v) is 8.60. The molecular weight excluding hydrogens is 322 g/mol. The van der Waals surface area contributed by atoms with Crippen molar-refractivity contribution in [3.8, 4) is 0 Å². The normalized spacial score (nSPS) is 17.6. The van der Waals surface area contributed by atoms with Gasteiger partial charge in [0.05, 0.1) is 6.61 Å². The molecule has 0 saturated carbocycles. The molecule has 136 valence electrons. The van der Waals surface area contributed by atoms with Crippen LogP contribution in [0.5, 0.6) is 0 Å². The van der Waals surface area contributed by atoms with Crippen LogP contribution >= 0.6 is 0 Å². The van der Waals surface area contributed by atoms with E-state index >= 15 is 0 Å². The smallest absolute Gasteiger partial charge is 0.328 e. The van der Waals surface area contributed by atoms with E-state index in [1.54, 1.807) is 38.1 Å². The Morgan fingerprint density at radius 1 is 1.28 bits per heavy atom. The summed E-state index contributed by atoms with van der Waals surface area (Å²) in [4.78, 5) is 35.6. The van der Waals surface area contributed by atoms with Crippen LogP contribution < -0.4 is 16.0 Å². The summed E-state index contributed by atoms with van der Waals surface area (Å²) in [6.07, 6.45) is 2.57. The largest absolute Gasteiger partial charge is 0.464 e. The average Bonchev–Trinajstić information content (AvgIpc) is 3.08. The van der Waals surface area contributed by atoms with E-state index in [9.17, 15) is 14.4 Å². The molecule has 0 aliphatic carbocycles. The number of hydrogen-bond acceptors (Lipinski definition) is 5. The molecule has 2 atom stereocenters. The first-order chi connectivity index (χ1) is 12.0. The summed E-state index contributed by atoms with van der Waals surface area (Å²) in [6.45, 7) is 4.51. The molecule has 2 rings (SSSR count). The maximum atomic E-state index is 12.1. The van der Waals surface area contributed by atoms with Gasteiger partial charge in [-0.15, -0.1) is 0 Å². The molecular formula is C18H25N3O4. The molecule has 2 unspecified atom stereocenters. The van der Waals surface area contributed by atoms with Crippen LogP contribution in [0.15, 0.2) is 24.3 Å². The molecule has 1 aromatic carbocycles. The summed E-state index contributed by atoms with van der Waals surface area (Å²) >= 11 is 0. The highest BCUT2D eigenvalue weighted by molar-refractivity contribution is 5.97. The third kappa shape index (κ3) is 5.86. The van der Waals surface area contributed by atoms with E-state index in [2.05, 4.69) is 16.0 Å². The molecule has 2 amide bonds. The maximum Gasteiger partial charge on any atom is 0.328 e. The molecule has 1 aromatic rings. The van der Waals surface area contributed by atoms with Crippen LogP contribution in [-0.2, 0) is 14.3 Å². The van der Waals surface area contributed by atoms with E-state index < -0.39 is 12.0 Å². The number of carbonyl (C=O) groups excluding carboxylic acids is 3. The van der Waals surface area contributed by atoms with Crippen molar-refractivity contribution in [1.82, 2.24) is 10.6 Å². The van der Waals surface area contributed by atoms with Gasteiger partial charge >= 0.3 is 5.97 Å². The molecule has 1 aliphatic rings. The zero-order valence-electron chi connectivity index (χ0n) is 14.6. The fourth-order valence-corrected chi connectivity index (χ4v) is 2.68. The topological polar surface area (TPSA) is 96.5 Å². The lowest BCUT2D eigenvalue weighted by Crippen LogP contribution is -2.39. The molecule has 25 heavy (non-hydrogen) atoms. The van der Waals surface area contributed by atoms with Gasteiger partial charge in [-0.05, 0) is 57.5 Å². The van der Waals surface area contributed by atoms with Crippen molar-refractivity contribution in [3.05, 3.63) is 29.8 Å². The van der Waals surface area contributed by atoms with Crippen molar-refractivity contribution in [1.29, 1.82) is 0 Å². The van der Waals surface area contributed by atoms with E-state index in [1.807, 2.05) is 0 Å². The van der Waals surface area contributed by atoms with Gasteiger partial charge in [0.25, 0.3) is 5.91 Å². The Hall–Kier alpha value is -2.41. The number of benzene rings is 1. The fourth-order valence-electron chi connectivity index (χ4n) is 2.68. The highest BCUT2D eigenvalue weighted by Crippen LogP contribution is 2.13. The number of rotatable bonds is 7. The van der Waals surface area contributed by atoms with Gasteiger partial charge in [-0.3, -0.25) is 9.59 Å². The Morgan fingerprint density at radius 2 is 2.00 bits per heavy atom. The summed E-state index contributed by atoms with van der Waals surface area (Å²) in [5, 5.41) is 8.69. The molecule has 0 aromatic heterocycles. The Balaban J connectivity index is 1.84. The van der Waals surface area contributed by atoms with Crippen molar-refractivity contribution >= 4 is 23.5 Å². The van der Waals surface area contributed by atoms with Crippen molar-refractivity contribution < 1.29 is 19.1 Å². The van der Waals surface area contributed by atoms with Gasteiger partial charge in [0.1, 0.15) is 6.04 Å². The minimum Gasteiger partial charge on any atom is -0.464 e. The Kier molecular flexibility index (Phi) is 6.94. The summed E-state index contributed by atoms with van der Waals surface area (Å²) in [5.74, 6) is -0.888. The number of nitrogens with one attached hydrogen (secondary N) is 3. The van der Waals surface area contributed by atoms with E-state index in [0.29, 0.717) is 17.7 Å². The van der Waals surface area contributed by atoms with Gasteiger partial charge in [-0.2, -0.15) is 0 Å². The third-order valence-electron chi connectivity index (χ3n) is 4.01. The van der Waals surface area contributed by atoms with Crippen LogP contribution in [-0.4, -0.2) is 43.0 Å². The standard InChI is InChI=1S/C18H25N3O4/c1-3-25-18(24)12(2)20-17(23)13-6-8-14(9-7-13)21-16(22)11-15-5-4-10-19-15/h6-9,12,15,19H,3-5,10-11H2,1-2H3,(H,20,23)(H,21,22). The molecule has 1 aliphatic heterocycles. The number of carbonyl (C=O) groups is 3. The van der Waals surface area contributed by atoms with Crippen LogP contribution in [0.2, 0.25) is 0 Å². The van der Waals surface area contributed by atoms with Gasteiger partial charge in [-0.1, -0.05) is 0 Å². The zero-order chi connectivity index (χ0) is 18.2. The maximum absolute atomic E-state index is 12.1. The van der Waals surface area contributed by atoms with E-state index in [1.165, 1.54) is 0 Å². The SMILES string of the molecule is CCOC(=O)C(C)NC(=O)c1ccc(NC(=O)CC2CCCN2)cc1. The van der Waals surface area contributed by atoms with Crippen LogP contribution in [0.25, 0.3) is 0 Å². The number of esters is 1. The van der Waals surface area contributed by atoms with Crippen molar-refractivity contribution in [2.45, 2.75) is 45.2 Å². The van der Waals surface area contributed by atoms with Crippen LogP contribution in [0.3, 0.4) is 0 Å². The minimum absolute atomic E-state index is 0.0486. The second kappa shape index (κ2) is 9.17. The molecule has 1 fully saturated rings. The van der Waals surface area contributed by atoms with Crippen molar-refractivity contribution in [2.75, 3.05) is 18.5 Å². The fraction of sp³-hybridized carbons (Fsp3) is 0.500. The van der Waals surface area contributed by atoms with Crippen LogP contribution in [0.4, 0.5) is 5.69 Å². The molecule has 1 saturated heterocycles. The Bertz CT molecular complexity index is 609. The second-order valence-electron chi connectivity index (χ2n) is 6.07. The molecule has 7 heteroatoms. The van der Waals surface area contributed by atoms with Gasteiger partial charge < -0.3 is 20.7 Å². The van der Waals surface area contributed by atoms with E-state index in [-0.39, 0.29) is 24.5 Å². The number of hydrogen-bond donors (Lipinski definition) is 3. The summed E-state index contributed by atoms with van der Waals surface area (Å²) in [7, 11) is 0. The molecule has 0 radical (unpaired) electrons. The monoisotopic (exact) mass is 347 g/mol. The minimum atomic E-state index is -0.717. The van der Waals surface area contributed by atoms with E-state index in [4.69, 9.17) is 4.74 Å². The third-order valence-corrected chi connectivity index (χ3v) is 4.01. The van der Waals surface area contributed by atoms with Gasteiger partial charge in [0.15, 0.2) is 0 Å². The first-order valence-electron chi connectivity index (χ1n) is 8.60. The summed E-state index contributed by atoms with van der Waals surface area (Å²) < 4.78 is 4.85. The lowest BCUT2D eigenvalue weighted by atomic mass is 10.1. The number of anilines is 1. The lowest BCUT2D eigenvalue weighted by molar-refractivity contribution is -0.144. The zero-order valence-corrected chi connectivity index (χ0v) is 14.6. The number of amides is 2. The van der Waals surface area contributed by atoms with Gasteiger partial charge in [0.2, 0.25) is 5.91 Å². The first kappa shape index (κ1) is 18.9. The molecule has 3 N–H and O–H groups in total. The highest BCUT2D eigenvalue weighted by Gasteiger charge is 2.19. The van der Waals surface area contributed by atoms with Gasteiger partial charge in [-0.25, -0.2) is 4.79 Å². The second-order valence-corrected chi connectivity index (χ2v) is 6.07. The van der Waals surface area contributed by atoms with Gasteiger partial charge in [0, 0.05) is 23.7 Å². The van der Waals surface area contributed by atoms with Crippen molar-refractivity contribution in [3.63, 3.8) is 0 Å². The van der Waals surface area contributed by atoms with Crippen molar-refractivity contribution in [2.24, 2.45) is 0 Å². The lowest BCUT2D eigenvalue weighted by Gasteiger charge is -2.13. The number of ether oxygens (including phenoxy) is 1. The Labute approximate surface area is 147 Å². The summed E-state index contributed by atoms with van der Waals surface area (Å²) in [5.41, 5.74) is 1.05. The molecule has 0 spiro atoms. The molecule has 1 heterocycles. The average molecular weight is 347 g/mol. The predicted molar refractivity (Wildman–Crippen MR) is 94.3 cm³/mol. The van der Waals surface area contributed by atoms with E-state index in [0.717, 1.165) is 19.4 Å². The van der Waals surface area contributed by atoms with Crippen LogP contribution in [0.1, 0.15) is 43.5 Å². The van der Waals surface area contributed by atoms with Crippen LogP contribution in [0, 0.1) is 0 Å².